The summed E-state index contributed by atoms with van der Waals surface area (Å²) < 4.78 is 29.2. The minimum atomic E-state index is -2.85. The molecule has 0 aliphatic rings. The summed E-state index contributed by atoms with van der Waals surface area (Å²) in [6.45, 7) is 1.09. The van der Waals surface area contributed by atoms with Crippen LogP contribution in [-0.2, 0) is 6.54 Å². The molecule has 5 heteroatoms. The molecular weight excluding hydrogens is 276 g/mol. The van der Waals surface area contributed by atoms with E-state index in [0.29, 0.717) is 12.1 Å². The van der Waals surface area contributed by atoms with Crippen LogP contribution in [0.3, 0.4) is 0 Å². The van der Waals surface area contributed by atoms with Gasteiger partial charge < -0.3 is 15.2 Å². The fraction of sp³-hybridized carbons (Fsp3) is 0.250. The highest BCUT2D eigenvalue weighted by molar-refractivity contribution is 5.59. The molecule has 0 aliphatic heterocycles. The van der Waals surface area contributed by atoms with Gasteiger partial charge in [-0.2, -0.15) is 8.78 Å². The lowest BCUT2D eigenvalue weighted by Crippen LogP contribution is -2.07. The highest BCUT2D eigenvalue weighted by Crippen LogP contribution is 2.29. The second-order valence-corrected chi connectivity index (χ2v) is 4.74. The summed E-state index contributed by atoms with van der Waals surface area (Å²) in [6, 6.07) is 10.3. The van der Waals surface area contributed by atoms with E-state index in [0.717, 1.165) is 16.8 Å². The van der Waals surface area contributed by atoms with E-state index in [4.69, 9.17) is 0 Å². The van der Waals surface area contributed by atoms with Crippen LogP contribution in [0.5, 0.6) is 11.5 Å². The fourth-order valence-electron chi connectivity index (χ4n) is 2.08. The number of aryl methyl sites for hydroxylation is 1. The lowest BCUT2D eigenvalue weighted by atomic mass is 10.1. The van der Waals surface area contributed by atoms with Crippen molar-refractivity contribution in [2.45, 2.75) is 27.0 Å². The van der Waals surface area contributed by atoms with Gasteiger partial charge in [0.25, 0.3) is 0 Å². The van der Waals surface area contributed by atoms with Crippen LogP contribution >= 0.6 is 0 Å². The Bertz CT molecular complexity index is 630. The first kappa shape index (κ1) is 15.1. The van der Waals surface area contributed by atoms with Gasteiger partial charge in [0.2, 0.25) is 0 Å². The number of aromatic hydroxyl groups is 1. The Morgan fingerprint density at radius 1 is 1.14 bits per heavy atom. The quantitative estimate of drug-likeness (QED) is 0.867. The van der Waals surface area contributed by atoms with Crippen molar-refractivity contribution in [2.75, 3.05) is 5.32 Å². The van der Waals surface area contributed by atoms with Gasteiger partial charge >= 0.3 is 6.61 Å². The lowest BCUT2D eigenvalue weighted by molar-refractivity contribution is -0.0504. The highest BCUT2D eigenvalue weighted by atomic mass is 19.3. The zero-order valence-corrected chi connectivity index (χ0v) is 11.9. The zero-order chi connectivity index (χ0) is 15.4. The predicted octanol–water partition coefficient (Wildman–Crippen LogP) is 4.22. The van der Waals surface area contributed by atoms with Crippen molar-refractivity contribution in [3.8, 4) is 11.5 Å². The maximum absolute atomic E-state index is 12.3. The molecule has 0 saturated carbocycles. The number of benzene rings is 2. The van der Waals surface area contributed by atoms with E-state index in [1.165, 1.54) is 6.07 Å². The van der Waals surface area contributed by atoms with Gasteiger partial charge in [-0.25, -0.2) is 0 Å². The molecule has 0 spiro atoms. The van der Waals surface area contributed by atoms with E-state index in [-0.39, 0.29) is 11.5 Å². The molecule has 0 amide bonds. The lowest BCUT2D eigenvalue weighted by Gasteiger charge is -2.14. The summed E-state index contributed by atoms with van der Waals surface area (Å²) in [5.41, 5.74) is 2.89. The summed E-state index contributed by atoms with van der Waals surface area (Å²) in [5.74, 6) is 0.381. The summed E-state index contributed by atoms with van der Waals surface area (Å²) in [4.78, 5) is 0. The van der Waals surface area contributed by atoms with Crippen LogP contribution in [0.4, 0.5) is 14.5 Å². The molecule has 0 fully saturated rings. The molecule has 0 unspecified atom stereocenters. The number of hydrogen-bond donors (Lipinski definition) is 2. The van der Waals surface area contributed by atoms with Crippen LogP contribution in [0.25, 0.3) is 0 Å². The number of rotatable bonds is 5. The molecule has 0 heterocycles. The smallest absolute Gasteiger partial charge is 0.387 e. The van der Waals surface area contributed by atoms with Crippen molar-refractivity contribution < 1.29 is 18.6 Å². The molecule has 0 radical (unpaired) electrons. The second-order valence-electron chi connectivity index (χ2n) is 4.74. The van der Waals surface area contributed by atoms with E-state index >= 15 is 0 Å². The first-order valence-electron chi connectivity index (χ1n) is 6.55. The Labute approximate surface area is 122 Å². The van der Waals surface area contributed by atoms with Crippen LogP contribution in [-0.4, -0.2) is 11.7 Å². The zero-order valence-electron chi connectivity index (χ0n) is 11.9. The van der Waals surface area contributed by atoms with Crippen molar-refractivity contribution >= 4 is 5.69 Å². The number of halogens is 2. The second kappa shape index (κ2) is 6.43. The minimum Gasteiger partial charge on any atom is -0.507 e. The largest absolute Gasteiger partial charge is 0.507 e. The molecule has 21 heavy (non-hydrogen) atoms. The van der Waals surface area contributed by atoms with Gasteiger partial charge in [-0.05, 0) is 31.5 Å². The van der Waals surface area contributed by atoms with Gasteiger partial charge in [-0.1, -0.05) is 24.3 Å². The highest BCUT2D eigenvalue weighted by Gasteiger charge is 2.10. The molecule has 2 rings (SSSR count). The van der Waals surface area contributed by atoms with Crippen LogP contribution in [0.2, 0.25) is 0 Å². The number of hydrogen-bond acceptors (Lipinski definition) is 3. The predicted molar refractivity (Wildman–Crippen MR) is 78.0 cm³/mol. The van der Waals surface area contributed by atoms with Crippen molar-refractivity contribution in [3.05, 3.63) is 53.1 Å². The summed E-state index contributed by atoms with van der Waals surface area (Å²) >= 11 is 0. The number of ether oxygens (including phenoxy) is 1. The fourth-order valence-corrected chi connectivity index (χ4v) is 2.08. The normalized spacial score (nSPS) is 10.7. The molecule has 0 aromatic heterocycles. The van der Waals surface area contributed by atoms with Gasteiger partial charge in [0, 0.05) is 23.4 Å². The molecule has 112 valence electrons. The number of para-hydroxylation sites is 1. The van der Waals surface area contributed by atoms with E-state index in [1.807, 2.05) is 13.0 Å². The van der Waals surface area contributed by atoms with Crippen molar-refractivity contribution in [2.24, 2.45) is 0 Å². The molecule has 2 N–H and O–H groups in total. The van der Waals surface area contributed by atoms with Gasteiger partial charge in [0.05, 0.1) is 0 Å². The monoisotopic (exact) mass is 293 g/mol. The average Bonchev–Trinajstić information content (AvgIpc) is 2.45. The Morgan fingerprint density at radius 2 is 1.86 bits per heavy atom. The number of phenols is 1. The Morgan fingerprint density at radius 3 is 2.57 bits per heavy atom. The van der Waals surface area contributed by atoms with Crippen LogP contribution in [0.1, 0.15) is 16.7 Å². The van der Waals surface area contributed by atoms with E-state index in [9.17, 15) is 13.9 Å². The number of phenolic OH excluding ortho intramolecular Hbond substituents is 1. The Kier molecular flexibility index (Phi) is 4.62. The maximum atomic E-state index is 12.3. The SMILES string of the molecule is Cc1ccc(NCc2ccccc2OC(F)F)c(C)c1O. The van der Waals surface area contributed by atoms with Gasteiger partial charge in [0.1, 0.15) is 11.5 Å². The van der Waals surface area contributed by atoms with Gasteiger partial charge in [-0.3, -0.25) is 0 Å². The molecule has 0 aliphatic carbocycles. The third-order valence-electron chi connectivity index (χ3n) is 3.29. The topological polar surface area (TPSA) is 41.5 Å². The molecule has 0 atom stereocenters. The third kappa shape index (κ3) is 3.62. The third-order valence-corrected chi connectivity index (χ3v) is 3.29. The van der Waals surface area contributed by atoms with E-state index in [1.54, 1.807) is 31.2 Å². The van der Waals surface area contributed by atoms with Crippen LogP contribution in [0, 0.1) is 13.8 Å². The van der Waals surface area contributed by atoms with Crippen LogP contribution in [0.15, 0.2) is 36.4 Å². The molecule has 0 saturated heterocycles. The summed E-state index contributed by atoms with van der Waals surface area (Å²) in [6.07, 6.45) is 0. The van der Waals surface area contributed by atoms with Crippen LogP contribution < -0.4 is 10.1 Å². The van der Waals surface area contributed by atoms with Gasteiger partial charge in [-0.15, -0.1) is 0 Å². The maximum Gasteiger partial charge on any atom is 0.387 e. The van der Waals surface area contributed by atoms with Gasteiger partial charge in [0.15, 0.2) is 0 Å². The van der Waals surface area contributed by atoms with Crippen molar-refractivity contribution in [3.63, 3.8) is 0 Å². The number of anilines is 1. The standard InChI is InChI=1S/C16H17F2NO2/c1-10-7-8-13(11(2)15(10)20)19-9-12-5-3-4-6-14(12)21-16(17)18/h3-8,16,19-20H,9H2,1-2H3. The Hall–Kier alpha value is -2.30. The minimum absolute atomic E-state index is 0.147. The average molecular weight is 293 g/mol. The molecule has 2 aromatic rings. The van der Waals surface area contributed by atoms with Crippen molar-refractivity contribution in [1.82, 2.24) is 0 Å². The van der Waals surface area contributed by atoms with Crippen molar-refractivity contribution in [1.29, 1.82) is 0 Å². The van der Waals surface area contributed by atoms with E-state index < -0.39 is 6.61 Å². The first-order valence-corrected chi connectivity index (χ1v) is 6.55. The molecule has 3 nitrogen and oxygen atoms in total. The Balaban J connectivity index is 2.15. The molecule has 2 aromatic carbocycles. The number of alkyl halides is 2. The molecule has 0 bridgehead atoms. The summed E-state index contributed by atoms with van der Waals surface area (Å²) in [5, 5.41) is 13.0. The first-order chi connectivity index (χ1) is 9.99. The molecular formula is C16H17F2NO2. The number of nitrogens with one attached hydrogen (secondary N) is 1. The van der Waals surface area contributed by atoms with E-state index in [2.05, 4.69) is 10.1 Å². The summed E-state index contributed by atoms with van der Waals surface area (Å²) in [7, 11) is 0.